The van der Waals surface area contributed by atoms with E-state index in [4.69, 9.17) is 4.84 Å². The van der Waals surface area contributed by atoms with Crippen LogP contribution >= 0.6 is 0 Å². The molecule has 27 heavy (non-hydrogen) atoms. The summed E-state index contributed by atoms with van der Waals surface area (Å²) in [6.45, 7) is 6.74. The van der Waals surface area contributed by atoms with E-state index in [1.807, 2.05) is 4.90 Å². The third-order valence-corrected chi connectivity index (χ3v) is 6.07. The van der Waals surface area contributed by atoms with Gasteiger partial charge in [-0.05, 0) is 44.0 Å². The highest BCUT2D eigenvalue weighted by molar-refractivity contribution is 5.84. The second-order valence-electron chi connectivity index (χ2n) is 7.83. The van der Waals surface area contributed by atoms with Crippen molar-refractivity contribution in [3.63, 3.8) is 0 Å². The van der Waals surface area contributed by atoms with E-state index in [2.05, 4.69) is 59.4 Å². The molecule has 4 rings (SSSR count). The Morgan fingerprint density at radius 2 is 2.07 bits per heavy atom. The molecule has 6 heteroatoms. The molecule has 0 saturated carbocycles. The summed E-state index contributed by atoms with van der Waals surface area (Å²) >= 11 is 0. The van der Waals surface area contributed by atoms with E-state index in [1.165, 1.54) is 16.5 Å². The maximum atomic E-state index is 12.6. The van der Waals surface area contributed by atoms with Crippen LogP contribution in [0, 0.1) is 0 Å². The molecular weight excluding hydrogens is 340 g/mol. The van der Waals surface area contributed by atoms with E-state index < -0.39 is 0 Å². The summed E-state index contributed by atoms with van der Waals surface area (Å²) < 4.78 is 2.18. The molecule has 1 aromatic carbocycles. The van der Waals surface area contributed by atoms with Gasteiger partial charge in [0.05, 0.1) is 6.10 Å². The number of carbonyl (C=O) groups is 1. The summed E-state index contributed by atoms with van der Waals surface area (Å²) in [5.74, 6) is 0.382. The molecule has 0 radical (unpaired) electrons. The van der Waals surface area contributed by atoms with Gasteiger partial charge in [-0.3, -0.25) is 4.84 Å². The lowest BCUT2D eigenvalue weighted by Gasteiger charge is -2.31. The summed E-state index contributed by atoms with van der Waals surface area (Å²) in [7, 11) is 2.09. The summed E-state index contributed by atoms with van der Waals surface area (Å²) in [6.07, 6.45) is 5.44. The summed E-state index contributed by atoms with van der Waals surface area (Å²) in [6, 6.07) is 8.38. The van der Waals surface area contributed by atoms with E-state index in [0.29, 0.717) is 5.92 Å². The minimum Gasteiger partial charge on any atom is -0.350 e. The normalized spacial score (nSPS) is 23.9. The number of amides is 2. The van der Waals surface area contributed by atoms with Gasteiger partial charge in [-0.15, -0.1) is 0 Å². The lowest BCUT2D eigenvalue weighted by Crippen LogP contribution is -2.45. The number of hydroxylamine groups is 1. The minimum absolute atomic E-state index is 0.0964. The van der Waals surface area contributed by atoms with Crippen molar-refractivity contribution in [1.29, 1.82) is 0 Å². The van der Waals surface area contributed by atoms with Gasteiger partial charge in [-0.2, -0.15) is 0 Å². The molecule has 2 unspecified atom stereocenters. The van der Waals surface area contributed by atoms with Crippen LogP contribution in [0.15, 0.2) is 30.5 Å². The molecule has 1 N–H and O–H groups in total. The first kappa shape index (κ1) is 18.3. The van der Waals surface area contributed by atoms with Crippen LogP contribution in [-0.2, 0) is 11.9 Å². The molecule has 0 bridgehead atoms. The number of rotatable bonds is 4. The van der Waals surface area contributed by atoms with Gasteiger partial charge >= 0.3 is 6.03 Å². The molecule has 2 atom stereocenters. The first-order valence-electron chi connectivity index (χ1n) is 10.1. The number of hydrogen-bond donors (Lipinski definition) is 1. The van der Waals surface area contributed by atoms with Crippen molar-refractivity contribution >= 4 is 16.9 Å². The van der Waals surface area contributed by atoms with E-state index in [1.54, 1.807) is 0 Å². The minimum atomic E-state index is -0.105. The van der Waals surface area contributed by atoms with Crippen LogP contribution in [0.3, 0.4) is 0 Å². The number of likely N-dealkylation sites (N-methyl/N-ethyl adjacent to an activating group) is 1. The van der Waals surface area contributed by atoms with Crippen molar-refractivity contribution < 1.29 is 9.63 Å². The monoisotopic (exact) mass is 370 g/mol. The Bertz CT molecular complexity index is 803. The molecule has 2 amide bonds. The summed E-state index contributed by atoms with van der Waals surface area (Å²) in [5.41, 5.74) is 5.30. The SMILES string of the molecule is CCN1CCCC(ONC(=O)N2CCC(c3cn(C)c4ccccc34)C2)C1. The van der Waals surface area contributed by atoms with Gasteiger partial charge < -0.3 is 14.4 Å². The fourth-order valence-electron chi connectivity index (χ4n) is 4.49. The van der Waals surface area contributed by atoms with Crippen LogP contribution in [0.1, 0.15) is 37.7 Å². The number of para-hydroxylation sites is 1. The van der Waals surface area contributed by atoms with Gasteiger partial charge in [0, 0.05) is 49.7 Å². The number of benzene rings is 1. The van der Waals surface area contributed by atoms with Crippen molar-refractivity contribution in [1.82, 2.24) is 19.8 Å². The van der Waals surface area contributed by atoms with Crippen LogP contribution in [0.2, 0.25) is 0 Å². The van der Waals surface area contributed by atoms with Crippen LogP contribution in [0.5, 0.6) is 0 Å². The average Bonchev–Trinajstić information content (AvgIpc) is 3.32. The maximum Gasteiger partial charge on any atom is 0.341 e. The van der Waals surface area contributed by atoms with Crippen molar-refractivity contribution in [3.05, 3.63) is 36.0 Å². The van der Waals surface area contributed by atoms with Crippen LogP contribution < -0.4 is 5.48 Å². The number of likely N-dealkylation sites (tertiary alicyclic amines) is 2. The smallest absolute Gasteiger partial charge is 0.341 e. The Labute approximate surface area is 161 Å². The van der Waals surface area contributed by atoms with E-state index in [9.17, 15) is 4.79 Å². The fourth-order valence-corrected chi connectivity index (χ4v) is 4.49. The molecule has 3 heterocycles. The Morgan fingerprint density at radius 3 is 2.93 bits per heavy atom. The van der Waals surface area contributed by atoms with Gasteiger partial charge in [0.15, 0.2) is 0 Å². The van der Waals surface area contributed by atoms with Crippen LogP contribution in [0.4, 0.5) is 4.79 Å². The van der Waals surface area contributed by atoms with E-state index >= 15 is 0 Å². The van der Waals surface area contributed by atoms with E-state index in [0.717, 1.165) is 52.0 Å². The number of aryl methyl sites for hydroxylation is 1. The Balaban J connectivity index is 1.34. The molecule has 6 nitrogen and oxygen atoms in total. The topological polar surface area (TPSA) is 49.7 Å². The lowest BCUT2D eigenvalue weighted by molar-refractivity contribution is -0.0453. The zero-order chi connectivity index (χ0) is 18.8. The first-order valence-corrected chi connectivity index (χ1v) is 10.1. The number of aromatic nitrogens is 1. The Morgan fingerprint density at radius 1 is 1.22 bits per heavy atom. The molecule has 0 spiro atoms. The van der Waals surface area contributed by atoms with Gasteiger partial charge in [0.1, 0.15) is 0 Å². The van der Waals surface area contributed by atoms with Gasteiger partial charge in [0.2, 0.25) is 0 Å². The van der Waals surface area contributed by atoms with Gasteiger partial charge in [-0.25, -0.2) is 10.3 Å². The third kappa shape index (κ3) is 3.82. The molecule has 1 aromatic heterocycles. The predicted octanol–water partition coefficient (Wildman–Crippen LogP) is 3.09. The number of piperidine rings is 1. The molecular formula is C21H30N4O2. The average molecular weight is 370 g/mol. The maximum absolute atomic E-state index is 12.6. The molecule has 2 saturated heterocycles. The van der Waals surface area contributed by atoms with Gasteiger partial charge in [-0.1, -0.05) is 25.1 Å². The Hall–Kier alpha value is -2.05. The number of hydrogen-bond acceptors (Lipinski definition) is 3. The third-order valence-electron chi connectivity index (χ3n) is 6.07. The highest BCUT2D eigenvalue weighted by Crippen LogP contribution is 2.33. The largest absolute Gasteiger partial charge is 0.350 e. The number of nitrogens with one attached hydrogen (secondary N) is 1. The second kappa shape index (κ2) is 7.90. The number of carbonyl (C=O) groups excluding carboxylic acids is 1. The number of fused-ring (bicyclic) bond motifs is 1. The second-order valence-corrected chi connectivity index (χ2v) is 7.83. The molecule has 146 valence electrons. The van der Waals surface area contributed by atoms with Crippen molar-refractivity contribution in [2.24, 2.45) is 7.05 Å². The number of nitrogens with zero attached hydrogens (tertiary/aromatic N) is 3. The van der Waals surface area contributed by atoms with Crippen molar-refractivity contribution in [2.75, 3.05) is 32.7 Å². The summed E-state index contributed by atoms with van der Waals surface area (Å²) in [5, 5.41) is 1.30. The highest BCUT2D eigenvalue weighted by atomic mass is 16.7. The molecule has 2 aromatic rings. The quantitative estimate of drug-likeness (QED) is 0.842. The summed E-state index contributed by atoms with van der Waals surface area (Å²) in [4.78, 5) is 22.5. The van der Waals surface area contributed by atoms with E-state index in [-0.39, 0.29) is 12.1 Å². The molecule has 2 aliphatic rings. The number of urea groups is 1. The molecule has 0 aliphatic carbocycles. The first-order chi connectivity index (χ1) is 13.2. The zero-order valence-electron chi connectivity index (χ0n) is 16.4. The predicted molar refractivity (Wildman–Crippen MR) is 107 cm³/mol. The highest BCUT2D eigenvalue weighted by Gasteiger charge is 2.30. The standard InChI is InChI=1S/C21H30N4O2/c1-3-24-11-6-7-17(14-24)27-22-21(26)25-12-10-16(13-25)19-15-23(2)20-9-5-4-8-18(19)20/h4-5,8-9,15-17H,3,6-7,10-14H2,1-2H3,(H,22,26). The molecule has 2 fully saturated rings. The van der Waals surface area contributed by atoms with Crippen LogP contribution in [-0.4, -0.2) is 59.2 Å². The van der Waals surface area contributed by atoms with Crippen molar-refractivity contribution in [3.8, 4) is 0 Å². The van der Waals surface area contributed by atoms with Gasteiger partial charge in [0.25, 0.3) is 0 Å². The molecule has 2 aliphatic heterocycles. The fraction of sp³-hybridized carbons (Fsp3) is 0.571. The lowest BCUT2D eigenvalue weighted by atomic mass is 9.98. The Kier molecular flexibility index (Phi) is 5.36. The zero-order valence-corrected chi connectivity index (χ0v) is 16.4. The van der Waals surface area contributed by atoms with Crippen molar-refractivity contribution in [2.45, 2.75) is 38.2 Å². The van der Waals surface area contributed by atoms with Crippen LogP contribution in [0.25, 0.3) is 10.9 Å².